The predicted molar refractivity (Wildman–Crippen MR) is 131 cm³/mol. The fraction of sp³-hybridized carbons (Fsp3) is 0.240. The highest BCUT2D eigenvalue weighted by Gasteiger charge is 2.25. The van der Waals surface area contributed by atoms with Gasteiger partial charge in [0.25, 0.3) is 15.9 Å². The summed E-state index contributed by atoms with van der Waals surface area (Å²) in [5, 5.41) is 3.33. The molecule has 1 N–H and O–H groups in total. The van der Waals surface area contributed by atoms with Crippen molar-refractivity contribution in [1.82, 2.24) is 5.32 Å². The number of hydrogen-bond donors (Lipinski definition) is 1. The number of aryl methyl sites for hydroxylation is 1. The highest BCUT2D eigenvalue weighted by atomic mass is 35.5. The van der Waals surface area contributed by atoms with Crippen LogP contribution < -0.4 is 14.4 Å². The molecule has 174 valence electrons. The van der Waals surface area contributed by atoms with Crippen LogP contribution >= 0.6 is 11.6 Å². The number of nitrogens with one attached hydrogen (secondary N) is 1. The van der Waals surface area contributed by atoms with Crippen molar-refractivity contribution in [2.24, 2.45) is 0 Å². The largest absolute Gasteiger partial charge is 0.484 e. The molecule has 0 unspecified atom stereocenters. The quantitative estimate of drug-likeness (QED) is 0.464. The molecule has 6 nitrogen and oxygen atoms in total. The van der Waals surface area contributed by atoms with Crippen LogP contribution in [-0.4, -0.2) is 27.0 Å². The van der Waals surface area contributed by atoms with Crippen molar-refractivity contribution in [3.63, 3.8) is 0 Å². The maximum absolute atomic E-state index is 13.5. The monoisotopic (exact) mass is 486 g/mol. The third kappa shape index (κ3) is 6.73. The fourth-order valence-corrected chi connectivity index (χ4v) is 4.71. The minimum atomic E-state index is -3.84. The van der Waals surface area contributed by atoms with E-state index in [-0.39, 0.29) is 30.0 Å². The van der Waals surface area contributed by atoms with Crippen LogP contribution in [0.3, 0.4) is 0 Å². The first-order valence-corrected chi connectivity index (χ1v) is 12.3. The van der Waals surface area contributed by atoms with Crippen LogP contribution in [0.4, 0.5) is 5.69 Å². The Bertz CT molecular complexity index is 1180. The van der Waals surface area contributed by atoms with E-state index in [0.717, 1.165) is 11.1 Å². The molecule has 0 aliphatic heterocycles. The van der Waals surface area contributed by atoms with E-state index in [2.05, 4.69) is 5.32 Å². The van der Waals surface area contributed by atoms with E-state index in [9.17, 15) is 13.2 Å². The molecule has 0 radical (unpaired) electrons. The van der Waals surface area contributed by atoms with Crippen molar-refractivity contribution < 1.29 is 17.9 Å². The molecule has 0 saturated carbocycles. The Hall–Kier alpha value is -3.03. The Morgan fingerprint density at radius 1 is 0.970 bits per heavy atom. The molecular formula is C25H27ClN2O4S. The first kappa shape index (κ1) is 24.6. The summed E-state index contributed by atoms with van der Waals surface area (Å²) in [6.45, 7) is 5.66. The van der Waals surface area contributed by atoms with Gasteiger partial charge in [0.15, 0.2) is 6.61 Å². The summed E-state index contributed by atoms with van der Waals surface area (Å²) in [7, 11) is -3.84. The Labute approximate surface area is 200 Å². The topological polar surface area (TPSA) is 75.7 Å². The molecule has 0 atom stereocenters. The summed E-state index contributed by atoms with van der Waals surface area (Å²) in [4.78, 5) is 12.0. The summed E-state index contributed by atoms with van der Waals surface area (Å²) in [5.41, 5.74) is 2.24. The Morgan fingerprint density at radius 3 is 2.15 bits per heavy atom. The Balaban J connectivity index is 1.88. The molecule has 0 aromatic heterocycles. The maximum Gasteiger partial charge on any atom is 0.264 e. The van der Waals surface area contributed by atoms with Crippen molar-refractivity contribution >= 4 is 33.2 Å². The molecular weight excluding hydrogens is 460 g/mol. The van der Waals surface area contributed by atoms with E-state index in [4.69, 9.17) is 16.3 Å². The standard InChI is InChI=1S/C25H27ClN2O4S/c1-18(2)27-25(29)17-32-23-12-10-22(11-13-23)28(16-20-6-8-21(26)9-7-20)33(30,31)24-14-4-19(3)5-15-24/h4-15,18H,16-17H2,1-3H3,(H,27,29). The van der Waals surface area contributed by atoms with E-state index in [1.807, 2.05) is 20.8 Å². The normalized spacial score (nSPS) is 11.3. The number of sulfonamides is 1. The Kier molecular flexibility index (Phi) is 8.00. The Morgan fingerprint density at radius 2 is 1.58 bits per heavy atom. The molecule has 3 rings (SSSR count). The predicted octanol–water partition coefficient (Wildman–Crippen LogP) is 4.95. The molecule has 1 amide bonds. The van der Waals surface area contributed by atoms with Crippen LogP contribution in [0, 0.1) is 6.92 Å². The first-order valence-electron chi connectivity index (χ1n) is 10.5. The molecule has 0 spiro atoms. The molecule has 0 aliphatic rings. The number of halogens is 1. The molecule has 3 aromatic rings. The number of benzene rings is 3. The number of ether oxygens (including phenoxy) is 1. The zero-order chi connectivity index (χ0) is 24.0. The van der Waals surface area contributed by atoms with Gasteiger partial charge in [-0.2, -0.15) is 0 Å². The first-order chi connectivity index (χ1) is 15.6. The van der Waals surface area contributed by atoms with Crippen molar-refractivity contribution in [2.75, 3.05) is 10.9 Å². The van der Waals surface area contributed by atoms with E-state index in [1.54, 1.807) is 72.8 Å². The van der Waals surface area contributed by atoms with Gasteiger partial charge in [0.05, 0.1) is 17.1 Å². The van der Waals surface area contributed by atoms with Gasteiger partial charge < -0.3 is 10.1 Å². The van der Waals surface area contributed by atoms with E-state index < -0.39 is 10.0 Å². The maximum atomic E-state index is 13.5. The van der Waals surface area contributed by atoms with Gasteiger partial charge in [0.2, 0.25) is 0 Å². The zero-order valence-corrected chi connectivity index (χ0v) is 20.4. The lowest BCUT2D eigenvalue weighted by Crippen LogP contribution is -2.34. The molecule has 33 heavy (non-hydrogen) atoms. The number of nitrogens with zero attached hydrogens (tertiary/aromatic N) is 1. The molecule has 0 aliphatic carbocycles. The number of rotatable bonds is 9. The smallest absolute Gasteiger partial charge is 0.264 e. The van der Waals surface area contributed by atoms with Crippen molar-refractivity contribution in [2.45, 2.75) is 38.3 Å². The summed E-state index contributed by atoms with van der Waals surface area (Å²) in [6, 6.07) is 20.4. The second-order valence-electron chi connectivity index (χ2n) is 7.96. The zero-order valence-electron chi connectivity index (χ0n) is 18.8. The van der Waals surface area contributed by atoms with Gasteiger partial charge in [-0.1, -0.05) is 41.4 Å². The van der Waals surface area contributed by atoms with Crippen LogP contribution in [0.15, 0.2) is 77.7 Å². The van der Waals surface area contributed by atoms with E-state index in [0.29, 0.717) is 16.5 Å². The van der Waals surface area contributed by atoms with Gasteiger partial charge in [0, 0.05) is 11.1 Å². The van der Waals surface area contributed by atoms with Gasteiger partial charge in [-0.3, -0.25) is 9.10 Å². The fourth-order valence-electron chi connectivity index (χ4n) is 3.13. The second-order valence-corrected chi connectivity index (χ2v) is 10.3. The lowest BCUT2D eigenvalue weighted by atomic mass is 10.2. The molecule has 3 aromatic carbocycles. The van der Waals surface area contributed by atoms with Gasteiger partial charge in [-0.25, -0.2) is 8.42 Å². The average molecular weight is 487 g/mol. The highest BCUT2D eigenvalue weighted by Crippen LogP contribution is 2.28. The van der Waals surface area contributed by atoms with Crippen LogP contribution in [0.25, 0.3) is 0 Å². The summed E-state index contributed by atoms with van der Waals surface area (Å²) < 4.78 is 33.9. The van der Waals surface area contributed by atoms with Crippen molar-refractivity contribution in [3.05, 3.63) is 88.9 Å². The average Bonchev–Trinajstić information content (AvgIpc) is 2.77. The molecule has 0 bridgehead atoms. The van der Waals surface area contributed by atoms with Crippen molar-refractivity contribution in [3.8, 4) is 5.75 Å². The molecule has 8 heteroatoms. The molecule has 0 heterocycles. The second kappa shape index (κ2) is 10.7. The van der Waals surface area contributed by atoms with Gasteiger partial charge in [0.1, 0.15) is 5.75 Å². The number of amides is 1. The molecule has 0 fully saturated rings. The lowest BCUT2D eigenvalue weighted by Gasteiger charge is -2.25. The number of hydrogen-bond acceptors (Lipinski definition) is 4. The molecule has 0 saturated heterocycles. The summed E-state index contributed by atoms with van der Waals surface area (Å²) >= 11 is 5.99. The summed E-state index contributed by atoms with van der Waals surface area (Å²) in [6.07, 6.45) is 0. The third-order valence-electron chi connectivity index (χ3n) is 4.79. The van der Waals surface area contributed by atoms with Crippen LogP contribution in [0.5, 0.6) is 5.75 Å². The lowest BCUT2D eigenvalue weighted by molar-refractivity contribution is -0.123. The van der Waals surface area contributed by atoms with Gasteiger partial charge >= 0.3 is 0 Å². The number of carbonyl (C=O) groups excluding carboxylic acids is 1. The van der Waals surface area contributed by atoms with Crippen LogP contribution in [0.2, 0.25) is 5.02 Å². The van der Waals surface area contributed by atoms with Crippen LogP contribution in [0.1, 0.15) is 25.0 Å². The SMILES string of the molecule is Cc1ccc(S(=O)(=O)N(Cc2ccc(Cl)cc2)c2ccc(OCC(=O)NC(C)C)cc2)cc1. The van der Waals surface area contributed by atoms with Crippen LogP contribution in [-0.2, 0) is 21.4 Å². The number of anilines is 1. The van der Waals surface area contributed by atoms with E-state index >= 15 is 0 Å². The third-order valence-corrected chi connectivity index (χ3v) is 6.83. The highest BCUT2D eigenvalue weighted by molar-refractivity contribution is 7.92. The minimum Gasteiger partial charge on any atom is -0.484 e. The minimum absolute atomic E-state index is 0.0249. The van der Waals surface area contributed by atoms with Gasteiger partial charge in [-0.05, 0) is 74.9 Å². The summed E-state index contributed by atoms with van der Waals surface area (Å²) in [5.74, 6) is 0.247. The van der Waals surface area contributed by atoms with E-state index in [1.165, 1.54) is 4.31 Å². The van der Waals surface area contributed by atoms with Crippen molar-refractivity contribution in [1.29, 1.82) is 0 Å². The van der Waals surface area contributed by atoms with Gasteiger partial charge in [-0.15, -0.1) is 0 Å². The number of carbonyl (C=O) groups is 1.